The minimum absolute atomic E-state index is 0.197. The van der Waals surface area contributed by atoms with Gasteiger partial charge in [-0.3, -0.25) is 4.79 Å². The molecule has 1 amide bonds. The number of hydrogen-bond donors (Lipinski definition) is 1. The van der Waals surface area contributed by atoms with Crippen molar-refractivity contribution in [2.24, 2.45) is 0 Å². The lowest BCUT2D eigenvalue weighted by molar-refractivity contribution is -0.138. The first kappa shape index (κ1) is 16.6. The molecule has 0 aliphatic carbocycles. The van der Waals surface area contributed by atoms with Gasteiger partial charge in [0.25, 0.3) is 0 Å². The van der Waals surface area contributed by atoms with Gasteiger partial charge in [-0.2, -0.15) is 13.2 Å². The van der Waals surface area contributed by atoms with Crippen LogP contribution in [0, 0.1) is 0 Å². The Hall–Kier alpha value is -1.44. The predicted molar refractivity (Wildman–Crippen MR) is 70.0 cm³/mol. The topological polar surface area (TPSA) is 47.6 Å². The van der Waals surface area contributed by atoms with Gasteiger partial charge in [0.2, 0.25) is 5.91 Å². The zero-order valence-corrected chi connectivity index (χ0v) is 12.4. The lowest BCUT2D eigenvalue weighted by atomic mass is 10.1. The van der Waals surface area contributed by atoms with Crippen molar-refractivity contribution in [3.8, 4) is 11.5 Å². The van der Waals surface area contributed by atoms with Gasteiger partial charge >= 0.3 is 6.18 Å². The molecule has 0 aromatic heterocycles. The van der Waals surface area contributed by atoms with E-state index in [4.69, 9.17) is 9.47 Å². The number of ether oxygens (including phenoxy) is 2. The molecule has 0 saturated heterocycles. The van der Waals surface area contributed by atoms with Crippen LogP contribution in [-0.2, 0) is 11.2 Å². The van der Waals surface area contributed by atoms with Crippen LogP contribution in [0.5, 0.6) is 11.5 Å². The maximum absolute atomic E-state index is 12.0. The fourth-order valence-electron chi connectivity index (χ4n) is 1.47. The Kier molecular flexibility index (Phi) is 5.67. The summed E-state index contributed by atoms with van der Waals surface area (Å²) in [5, 5.41) is 1.81. The highest BCUT2D eigenvalue weighted by Gasteiger charge is 2.27. The van der Waals surface area contributed by atoms with Crippen LogP contribution in [0.4, 0.5) is 13.2 Å². The largest absolute Gasteiger partial charge is 0.493 e. The summed E-state index contributed by atoms with van der Waals surface area (Å²) in [5.41, 5.74) is 0.502. The second-order valence-electron chi connectivity index (χ2n) is 3.87. The fraction of sp³-hybridized carbons (Fsp3) is 0.417. The van der Waals surface area contributed by atoms with Gasteiger partial charge in [0, 0.05) is 4.47 Å². The van der Waals surface area contributed by atoms with Crippen LogP contribution in [0.15, 0.2) is 16.6 Å². The molecule has 0 saturated carbocycles. The van der Waals surface area contributed by atoms with Crippen LogP contribution < -0.4 is 14.8 Å². The molecular formula is C12H13BrF3NO3. The summed E-state index contributed by atoms with van der Waals surface area (Å²) in [6.07, 6.45) is -4.62. The first-order chi connectivity index (χ1) is 9.26. The number of methoxy groups -OCH3 is 2. The Bertz CT molecular complexity index is 492. The van der Waals surface area contributed by atoms with E-state index in [1.165, 1.54) is 20.3 Å². The molecule has 1 aromatic rings. The summed E-state index contributed by atoms with van der Waals surface area (Å²) in [6.45, 7) is -1.35. The monoisotopic (exact) mass is 355 g/mol. The Balaban J connectivity index is 2.79. The van der Waals surface area contributed by atoms with E-state index in [0.717, 1.165) is 0 Å². The number of halogens is 4. The van der Waals surface area contributed by atoms with Crippen molar-refractivity contribution in [1.29, 1.82) is 0 Å². The van der Waals surface area contributed by atoms with E-state index in [1.54, 1.807) is 6.07 Å². The van der Waals surface area contributed by atoms with E-state index < -0.39 is 18.6 Å². The molecule has 112 valence electrons. The smallest absolute Gasteiger partial charge is 0.405 e. The highest BCUT2D eigenvalue weighted by molar-refractivity contribution is 9.10. The summed E-state index contributed by atoms with van der Waals surface area (Å²) < 4.78 is 46.7. The molecule has 20 heavy (non-hydrogen) atoms. The number of carbonyl (C=O) groups excluding carboxylic acids is 1. The van der Waals surface area contributed by atoms with Gasteiger partial charge in [0.1, 0.15) is 6.54 Å². The number of hydrogen-bond acceptors (Lipinski definition) is 3. The number of alkyl halides is 3. The first-order valence-electron chi connectivity index (χ1n) is 5.50. The Labute approximate surface area is 122 Å². The standard InChI is InChI=1S/C12H13BrF3NO3/c1-19-9-3-7(8(13)5-10(9)20-2)4-11(18)17-6-12(14,15)16/h3,5H,4,6H2,1-2H3,(H,17,18). The molecule has 4 nitrogen and oxygen atoms in total. The van der Waals surface area contributed by atoms with Crippen LogP contribution in [0.25, 0.3) is 0 Å². The summed E-state index contributed by atoms with van der Waals surface area (Å²) >= 11 is 3.23. The van der Waals surface area contributed by atoms with Gasteiger partial charge in [0.05, 0.1) is 20.6 Å². The van der Waals surface area contributed by atoms with Crippen molar-refractivity contribution < 1.29 is 27.4 Å². The maximum atomic E-state index is 12.0. The summed E-state index contributed by atoms with van der Waals surface area (Å²) in [6, 6.07) is 3.13. The van der Waals surface area contributed by atoms with Gasteiger partial charge in [0.15, 0.2) is 11.5 Å². The van der Waals surface area contributed by atoms with Gasteiger partial charge in [-0.1, -0.05) is 15.9 Å². The lowest BCUT2D eigenvalue weighted by Gasteiger charge is -2.12. The van der Waals surface area contributed by atoms with E-state index in [1.807, 2.05) is 5.32 Å². The number of nitrogens with one attached hydrogen (secondary N) is 1. The zero-order valence-electron chi connectivity index (χ0n) is 10.8. The second-order valence-corrected chi connectivity index (χ2v) is 4.72. The molecule has 0 spiro atoms. The zero-order chi connectivity index (χ0) is 15.3. The maximum Gasteiger partial charge on any atom is 0.405 e. The highest BCUT2D eigenvalue weighted by atomic mass is 79.9. The second kappa shape index (κ2) is 6.83. The van der Waals surface area contributed by atoms with Crippen LogP contribution in [0.1, 0.15) is 5.56 Å². The Morgan fingerprint density at radius 3 is 2.30 bits per heavy atom. The quantitative estimate of drug-likeness (QED) is 0.883. The summed E-state index contributed by atoms with van der Waals surface area (Å²) in [5.74, 6) is 0.128. The van der Waals surface area contributed by atoms with Gasteiger partial charge < -0.3 is 14.8 Å². The summed E-state index contributed by atoms with van der Waals surface area (Å²) in [4.78, 5) is 11.5. The predicted octanol–water partition coefficient (Wildman–Crippen LogP) is 2.69. The van der Waals surface area contributed by atoms with Crippen molar-refractivity contribution in [3.63, 3.8) is 0 Å². The van der Waals surface area contributed by atoms with E-state index in [2.05, 4.69) is 15.9 Å². The molecule has 1 N–H and O–H groups in total. The molecule has 0 aliphatic rings. The Morgan fingerprint density at radius 1 is 1.25 bits per heavy atom. The van der Waals surface area contributed by atoms with Crippen molar-refractivity contribution in [1.82, 2.24) is 5.32 Å². The molecule has 0 atom stereocenters. The SMILES string of the molecule is COc1cc(Br)c(CC(=O)NCC(F)(F)F)cc1OC. The van der Waals surface area contributed by atoms with E-state index in [0.29, 0.717) is 21.5 Å². The van der Waals surface area contributed by atoms with Gasteiger partial charge in [-0.25, -0.2) is 0 Å². The van der Waals surface area contributed by atoms with Crippen LogP contribution >= 0.6 is 15.9 Å². The normalized spacial score (nSPS) is 11.1. The minimum Gasteiger partial charge on any atom is -0.493 e. The molecule has 0 aliphatic heterocycles. The third-order valence-corrected chi connectivity index (χ3v) is 3.13. The van der Waals surface area contributed by atoms with Crippen LogP contribution in [0.3, 0.4) is 0 Å². The number of amides is 1. The van der Waals surface area contributed by atoms with Crippen molar-refractivity contribution in [2.45, 2.75) is 12.6 Å². The summed E-state index contributed by atoms with van der Waals surface area (Å²) in [7, 11) is 2.89. The van der Waals surface area contributed by atoms with E-state index >= 15 is 0 Å². The van der Waals surface area contributed by atoms with E-state index in [-0.39, 0.29) is 6.42 Å². The van der Waals surface area contributed by atoms with Crippen LogP contribution in [-0.4, -0.2) is 32.8 Å². The molecular weight excluding hydrogens is 343 g/mol. The molecule has 0 fully saturated rings. The molecule has 1 rings (SSSR count). The lowest BCUT2D eigenvalue weighted by Crippen LogP contribution is -2.34. The van der Waals surface area contributed by atoms with Crippen LogP contribution in [0.2, 0.25) is 0 Å². The molecule has 0 heterocycles. The minimum atomic E-state index is -4.43. The number of rotatable bonds is 5. The average Bonchev–Trinajstić information content (AvgIpc) is 2.37. The van der Waals surface area contributed by atoms with Gasteiger partial charge in [-0.15, -0.1) is 0 Å². The first-order valence-corrected chi connectivity index (χ1v) is 6.30. The molecule has 0 unspecified atom stereocenters. The van der Waals surface area contributed by atoms with Gasteiger partial charge in [-0.05, 0) is 17.7 Å². The number of carbonyl (C=O) groups is 1. The van der Waals surface area contributed by atoms with E-state index in [9.17, 15) is 18.0 Å². The molecule has 8 heteroatoms. The van der Waals surface area contributed by atoms with Crippen molar-refractivity contribution in [2.75, 3.05) is 20.8 Å². The van der Waals surface area contributed by atoms with Crippen molar-refractivity contribution in [3.05, 3.63) is 22.2 Å². The third-order valence-electron chi connectivity index (χ3n) is 2.39. The Morgan fingerprint density at radius 2 is 1.80 bits per heavy atom. The average molecular weight is 356 g/mol. The highest BCUT2D eigenvalue weighted by Crippen LogP contribution is 2.33. The molecule has 0 radical (unpaired) electrons. The fourth-order valence-corrected chi connectivity index (χ4v) is 1.93. The molecule has 0 bridgehead atoms. The molecule has 1 aromatic carbocycles. The third kappa shape index (κ3) is 4.92. The van der Waals surface area contributed by atoms with Crippen molar-refractivity contribution >= 4 is 21.8 Å². The number of benzene rings is 1.